The third-order valence-electron chi connectivity index (χ3n) is 5.63. The van der Waals surface area contributed by atoms with Gasteiger partial charge in [0.05, 0.1) is 17.1 Å². The van der Waals surface area contributed by atoms with Gasteiger partial charge in [0.15, 0.2) is 0 Å². The number of nitrogens with two attached hydrogens (primary N) is 1. The maximum Gasteiger partial charge on any atom is 0.0680 e. The Morgan fingerprint density at radius 1 is 0.964 bits per heavy atom. The van der Waals surface area contributed by atoms with E-state index in [1.165, 1.54) is 22.5 Å². The quantitative estimate of drug-likeness (QED) is 0.739. The lowest BCUT2D eigenvalue weighted by atomic mass is 10.0. The predicted octanol–water partition coefficient (Wildman–Crippen LogP) is 4.47. The van der Waals surface area contributed by atoms with Crippen LogP contribution in [0.3, 0.4) is 0 Å². The largest absolute Gasteiger partial charge is 0.402 e. The van der Waals surface area contributed by atoms with Crippen LogP contribution in [0.15, 0.2) is 71.4 Å². The number of rotatable bonds is 4. The topological polar surface area (TPSA) is 56.2 Å². The van der Waals surface area contributed by atoms with E-state index in [0.29, 0.717) is 0 Å². The molecule has 1 aromatic heterocycles. The maximum absolute atomic E-state index is 6.32. The molecule has 2 aliphatic heterocycles. The highest BCUT2D eigenvalue weighted by atomic mass is 15.3. The molecule has 0 spiro atoms. The normalized spacial score (nSPS) is 15.4. The van der Waals surface area contributed by atoms with E-state index in [2.05, 4.69) is 59.3 Å². The highest BCUT2D eigenvalue weighted by Crippen LogP contribution is 2.27. The van der Waals surface area contributed by atoms with Gasteiger partial charge in [-0.3, -0.25) is 4.99 Å². The van der Waals surface area contributed by atoms with E-state index >= 15 is 0 Å². The molecule has 2 aliphatic rings. The minimum atomic E-state index is 0.804. The lowest BCUT2D eigenvalue weighted by Crippen LogP contribution is -2.12. The molecule has 3 aromatic rings. The van der Waals surface area contributed by atoms with Crippen molar-refractivity contribution in [3.63, 3.8) is 0 Å². The fourth-order valence-corrected chi connectivity index (χ4v) is 4.14. The van der Waals surface area contributed by atoms with Crippen LogP contribution in [-0.2, 0) is 25.7 Å². The van der Waals surface area contributed by atoms with Crippen LogP contribution in [0.2, 0.25) is 0 Å². The average molecular weight is 368 g/mol. The molecule has 3 heterocycles. The Morgan fingerprint density at radius 2 is 1.75 bits per heavy atom. The number of benzene rings is 2. The van der Waals surface area contributed by atoms with Crippen molar-refractivity contribution in [2.24, 2.45) is 10.7 Å². The summed E-state index contributed by atoms with van der Waals surface area (Å²) in [6.45, 7) is 0. The van der Waals surface area contributed by atoms with Gasteiger partial charge in [-0.25, -0.2) is 4.68 Å². The van der Waals surface area contributed by atoms with Crippen molar-refractivity contribution in [1.29, 1.82) is 0 Å². The lowest BCUT2D eigenvalue weighted by molar-refractivity contribution is 0.724. The van der Waals surface area contributed by atoms with Gasteiger partial charge in [0.25, 0.3) is 0 Å². The highest BCUT2D eigenvalue weighted by molar-refractivity contribution is 5.98. The number of aryl methyl sites for hydroxylation is 4. The molecular weight excluding hydrogens is 344 g/mol. The fourth-order valence-electron chi connectivity index (χ4n) is 4.14. The van der Waals surface area contributed by atoms with Crippen LogP contribution in [0.5, 0.6) is 0 Å². The number of aliphatic imine (C=N–C) groups is 1. The average Bonchev–Trinajstić information content (AvgIpc) is 3.16. The molecule has 0 bridgehead atoms. The van der Waals surface area contributed by atoms with E-state index in [-0.39, 0.29) is 0 Å². The Hall–Kier alpha value is -3.14. The van der Waals surface area contributed by atoms with Crippen molar-refractivity contribution < 1.29 is 0 Å². The van der Waals surface area contributed by atoms with Crippen molar-refractivity contribution >= 4 is 11.4 Å². The molecule has 4 nitrogen and oxygen atoms in total. The van der Waals surface area contributed by atoms with Gasteiger partial charge < -0.3 is 5.73 Å². The summed E-state index contributed by atoms with van der Waals surface area (Å²) in [5.41, 5.74) is 15.7. The summed E-state index contributed by atoms with van der Waals surface area (Å²) in [5, 5.41) is 4.84. The lowest BCUT2D eigenvalue weighted by Gasteiger charge is -2.17. The summed E-state index contributed by atoms with van der Waals surface area (Å²) in [7, 11) is 0. The number of nitrogens with zero attached hydrogens (tertiary/aromatic N) is 3. The van der Waals surface area contributed by atoms with E-state index in [0.717, 1.165) is 61.3 Å². The highest BCUT2D eigenvalue weighted by Gasteiger charge is 2.17. The summed E-state index contributed by atoms with van der Waals surface area (Å²) >= 11 is 0. The summed E-state index contributed by atoms with van der Waals surface area (Å²) < 4.78 is 2.11. The first-order valence-electron chi connectivity index (χ1n) is 10.0. The van der Waals surface area contributed by atoms with Crippen LogP contribution in [0.25, 0.3) is 5.69 Å². The van der Waals surface area contributed by atoms with Crippen molar-refractivity contribution in [1.82, 2.24) is 9.78 Å². The van der Waals surface area contributed by atoms with Crippen LogP contribution in [0.1, 0.15) is 35.4 Å². The molecule has 28 heavy (non-hydrogen) atoms. The molecule has 0 saturated carbocycles. The first-order valence-corrected chi connectivity index (χ1v) is 10.0. The molecule has 0 radical (unpaired) electrons. The summed E-state index contributed by atoms with van der Waals surface area (Å²) in [4.78, 5) is 4.76. The number of fused-ring (bicyclic) bond motifs is 4. The van der Waals surface area contributed by atoms with E-state index in [1.54, 1.807) is 0 Å². The second-order valence-corrected chi connectivity index (χ2v) is 7.62. The number of aromatic nitrogens is 2. The molecular formula is C24H24N4. The summed E-state index contributed by atoms with van der Waals surface area (Å²) in [6.07, 6.45) is 7.84. The van der Waals surface area contributed by atoms with Gasteiger partial charge in [-0.15, -0.1) is 0 Å². The Morgan fingerprint density at radius 3 is 2.68 bits per heavy atom. The van der Waals surface area contributed by atoms with Gasteiger partial charge in [0.2, 0.25) is 0 Å². The van der Waals surface area contributed by atoms with Crippen molar-refractivity contribution in [2.45, 2.75) is 38.5 Å². The zero-order valence-corrected chi connectivity index (χ0v) is 15.9. The Bertz CT molecular complexity index is 1090. The van der Waals surface area contributed by atoms with Crippen LogP contribution in [-0.4, -0.2) is 15.5 Å². The van der Waals surface area contributed by atoms with Gasteiger partial charge in [-0.05, 0) is 73.9 Å². The van der Waals surface area contributed by atoms with Gasteiger partial charge in [0, 0.05) is 17.1 Å². The first kappa shape index (κ1) is 17.0. The van der Waals surface area contributed by atoms with E-state index in [9.17, 15) is 0 Å². The van der Waals surface area contributed by atoms with Gasteiger partial charge in [-0.1, -0.05) is 36.4 Å². The smallest absolute Gasteiger partial charge is 0.0680 e. The zero-order chi connectivity index (χ0) is 18.9. The third kappa shape index (κ3) is 3.26. The minimum absolute atomic E-state index is 0.804. The molecule has 4 heteroatoms. The van der Waals surface area contributed by atoms with Crippen molar-refractivity contribution in [2.75, 3.05) is 0 Å². The summed E-state index contributed by atoms with van der Waals surface area (Å²) in [6, 6.07) is 19.1. The Kier molecular flexibility index (Phi) is 4.32. The molecule has 0 amide bonds. The predicted molar refractivity (Wildman–Crippen MR) is 113 cm³/mol. The van der Waals surface area contributed by atoms with Gasteiger partial charge in [-0.2, -0.15) is 5.10 Å². The first-order chi connectivity index (χ1) is 13.8. The molecule has 5 rings (SSSR count). The van der Waals surface area contributed by atoms with Crippen molar-refractivity contribution in [3.05, 3.63) is 88.9 Å². The SMILES string of the molecule is NC(=CC1=Nc2ccccc2CC1)CCc1cc2n(n1)-c1ccccc1CC2. The number of hydrogen-bond acceptors (Lipinski definition) is 3. The molecule has 140 valence electrons. The van der Waals surface area contributed by atoms with Crippen molar-refractivity contribution in [3.8, 4) is 5.69 Å². The van der Waals surface area contributed by atoms with E-state index < -0.39 is 0 Å². The van der Waals surface area contributed by atoms with Crippen LogP contribution >= 0.6 is 0 Å². The molecule has 2 aromatic carbocycles. The van der Waals surface area contributed by atoms with Crippen LogP contribution < -0.4 is 5.73 Å². The Labute approximate surface area is 165 Å². The number of allylic oxidation sites excluding steroid dienone is 2. The number of hydrogen-bond donors (Lipinski definition) is 1. The molecule has 0 fully saturated rings. The monoisotopic (exact) mass is 368 g/mol. The van der Waals surface area contributed by atoms with Crippen LogP contribution in [0.4, 0.5) is 5.69 Å². The molecule has 0 atom stereocenters. The van der Waals surface area contributed by atoms with Gasteiger partial charge >= 0.3 is 0 Å². The fraction of sp³-hybridized carbons (Fsp3) is 0.250. The second-order valence-electron chi connectivity index (χ2n) is 7.62. The molecule has 0 aliphatic carbocycles. The third-order valence-corrected chi connectivity index (χ3v) is 5.63. The summed E-state index contributed by atoms with van der Waals surface area (Å²) in [5.74, 6) is 0. The molecule has 2 N–H and O–H groups in total. The second kappa shape index (κ2) is 7.12. The Balaban J connectivity index is 1.29. The van der Waals surface area contributed by atoms with Crippen LogP contribution in [0, 0.1) is 0 Å². The molecule has 0 unspecified atom stereocenters. The molecule has 0 saturated heterocycles. The van der Waals surface area contributed by atoms with E-state index in [4.69, 9.17) is 15.8 Å². The zero-order valence-electron chi connectivity index (χ0n) is 15.9. The standard InChI is InChI=1S/C24H24N4/c25-19(15-20-12-9-17-5-1-3-7-23(17)26-20)11-13-21-16-22-14-10-18-6-2-4-8-24(18)28(22)27-21/h1-8,15-16H,9-14,25H2. The minimum Gasteiger partial charge on any atom is -0.402 e. The maximum atomic E-state index is 6.32. The number of para-hydroxylation sites is 2. The van der Waals surface area contributed by atoms with Gasteiger partial charge in [0.1, 0.15) is 0 Å². The van der Waals surface area contributed by atoms with E-state index in [1.807, 2.05) is 6.07 Å².